The molecular formula is C25H19ClN4O4. The molecule has 1 saturated heterocycles. The SMILES string of the molecule is CCOc1ccc(Cl)c(/C(O)=C2\C(=O)C(=O)N(c3nc4ccccc4[nH]3)C2c2cccnc2)c1. The number of pyridine rings is 1. The van der Waals surface area contributed by atoms with E-state index in [2.05, 4.69) is 15.0 Å². The quantitative estimate of drug-likeness (QED) is 0.248. The summed E-state index contributed by atoms with van der Waals surface area (Å²) in [6.45, 7) is 2.24. The molecule has 3 heterocycles. The Morgan fingerprint density at radius 1 is 1.18 bits per heavy atom. The molecule has 2 aromatic carbocycles. The van der Waals surface area contributed by atoms with E-state index < -0.39 is 23.5 Å². The van der Waals surface area contributed by atoms with E-state index in [4.69, 9.17) is 16.3 Å². The van der Waals surface area contributed by atoms with Gasteiger partial charge in [-0.2, -0.15) is 0 Å². The van der Waals surface area contributed by atoms with Crippen LogP contribution in [0.2, 0.25) is 5.02 Å². The number of ketones is 1. The van der Waals surface area contributed by atoms with Crippen molar-refractivity contribution in [1.82, 2.24) is 15.0 Å². The molecular weight excluding hydrogens is 456 g/mol. The number of halogens is 1. The largest absolute Gasteiger partial charge is 0.507 e. The lowest BCUT2D eigenvalue weighted by Crippen LogP contribution is -2.30. The minimum Gasteiger partial charge on any atom is -0.507 e. The summed E-state index contributed by atoms with van der Waals surface area (Å²) in [6.07, 6.45) is 3.12. The summed E-state index contributed by atoms with van der Waals surface area (Å²) in [4.78, 5) is 39.5. The number of nitrogens with one attached hydrogen (secondary N) is 1. The number of ether oxygens (including phenoxy) is 1. The zero-order valence-corrected chi connectivity index (χ0v) is 18.8. The maximum Gasteiger partial charge on any atom is 0.302 e. The van der Waals surface area contributed by atoms with Crippen molar-refractivity contribution in [2.24, 2.45) is 0 Å². The van der Waals surface area contributed by atoms with Crippen LogP contribution in [0.1, 0.15) is 24.1 Å². The van der Waals surface area contributed by atoms with Gasteiger partial charge in [0.2, 0.25) is 5.95 Å². The van der Waals surface area contributed by atoms with Gasteiger partial charge in [-0.15, -0.1) is 0 Å². The van der Waals surface area contributed by atoms with Crippen molar-refractivity contribution in [3.63, 3.8) is 0 Å². The van der Waals surface area contributed by atoms with Gasteiger partial charge in [0.05, 0.1) is 34.3 Å². The summed E-state index contributed by atoms with van der Waals surface area (Å²) >= 11 is 6.36. The number of imidazole rings is 1. The molecule has 0 radical (unpaired) electrons. The smallest absolute Gasteiger partial charge is 0.302 e. The van der Waals surface area contributed by atoms with Crippen LogP contribution in [0, 0.1) is 0 Å². The average Bonchev–Trinajstić information content (AvgIpc) is 3.39. The first-order valence-corrected chi connectivity index (χ1v) is 11.0. The molecule has 0 spiro atoms. The number of anilines is 1. The molecule has 170 valence electrons. The summed E-state index contributed by atoms with van der Waals surface area (Å²) in [5.41, 5.74) is 1.94. The fourth-order valence-corrected chi connectivity index (χ4v) is 4.25. The van der Waals surface area contributed by atoms with Crippen LogP contribution in [0.15, 0.2) is 72.6 Å². The number of fused-ring (bicyclic) bond motifs is 1. The number of aliphatic hydroxyl groups is 1. The highest BCUT2D eigenvalue weighted by atomic mass is 35.5. The van der Waals surface area contributed by atoms with E-state index in [1.165, 1.54) is 17.2 Å². The van der Waals surface area contributed by atoms with Gasteiger partial charge in [0.25, 0.3) is 5.78 Å². The summed E-state index contributed by atoms with van der Waals surface area (Å²) in [6, 6.07) is 14.5. The van der Waals surface area contributed by atoms with Crippen LogP contribution < -0.4 is 9.64 Å². The van der Waals surface area contributed by atoms with Gasteiger partial charge < -0.3 is 14.8 Å². The molecule has 0 bridgehead atoms. The van der Waals surface area contributed by atoms with Gasteiger partial charge in [-0.1, -0.05) is 29.8 Å². The van der Waals surface area contributed by atoms with E-state index >= 15 is 0 Å². The predicted octanol–water partition coefficient (Wildman–Crippen LogP) is 4.64. The normalized spacial score (nSPS) is 17.5. The predicted molar refractivity (Wildman–Crippen MR) is 128 cm³/mol. The van der Waals surface area contributed by atoms with Gasteiger partial charge in [-0.25, -0.2) is 4.98 Å². The molecule has 34 heavy (non-hydrogen) atoms. The lowest BCUT2D eigenvalue weighted by atomic mass is 9.96. The monoisotopic (exact) mass is 474 g/mol. The number of aliphatic hydroxyl groups excluding tert-OH is 1. The Labute approximate surface area is 199 Å². The topological polar surface area (TPSA) is 108 Å². The second-order valence-corrected chi connectivity index (χ2v) is 8.01. The Balaban J connectivity index is 1.73. The fourth-order valence-electron chi connectivity index (χ4n) is 4.04. The number of H-pyrrole nitrogens is 1. The second kappa shape index (κ2) is 8.64. The standard InChI is InChI=1S/C25H19ClN4O4/c1-2-34-15-9-10-17(26)16(12-15)22(31)20-21(14-6-5-11-27-13-14)30(24(33)23(20)32)25-28-18-7-3-4-8-19(18)29-25/h3-13,21,31H,2H2,1H3,(H,28,29)/b22-20+. The minimum absolute atomic E-state index is 0.117. The molecule has 0 aliphatic carbocycles. The molecule has 9 heteroatoms. The lowest BCUT2D eigenvalue weighted by Gasteiger charge is -2.22. The van der Waals surface area contributed by atoms with Crippen LogP contribution in [-0.2, 0) is 9.59 Å². The van der Waals surface area contributed by atoms with Crippen molar-refractivity contribution >= 4 is 46.0 Å². The number of benzene rings is 2. The van der Waals surface area contributed by atoms with E-state index in [0.717, 1.165) is 0 Å². The zero-order chi connectivity index (χ0) is 23.8. The number of amides is 1. The highest BCUT2D eigenvalue weighted by Crippen LogP contribution is 2.42. The van der Waals surface area contributed by atoms with Gasteiger partial charge in [0.1, 0.15) is 11.5 Å². The van der Waals surface area contributed by atoms with Gasteiger partial charge >= 0.3 is 5.91 Å². The van der Waals surface area contributed by atoms with E-state index in [0.29, 0.717) is 29.0 Å². The van der Waals surface area contributed by atoms with Crippen LogP contribution >= 0.6 is 11.6 Å². The molecule has 2 N–H and O–H groups in total. The molecule has 1 aliphatic heterocycles. The number of hydrogen-bond acceptors (Lipinski definition) is 6. The molecule has 1 unspecified atom stereocenters. The third-order valence-electron chi connectivity index (χ3n) is 5.55. The van der Waals surface area contributed by atoms with Crippen LogP contribution in [0.3, 0.4) is 0 Å². The van der Waals surface area contributed by atoms with Crippen molar-refractivity contribution in [2.75, 3.05) is 11.5 Å². The average molecular weight is 475 g/mol. The minimum atomic E-state index is -0.971. The number of carbonyl (C=O) groups excluding carboxylic acids is 2. The second-order valence-electron chi connectivity index (χ2n) is 7.61. The summed E-state index contributed by atoms with van der Waals surface area (Å²) in [5, 5.41) is 11.5. The Kier molecular flexibility index (Phi) is 5.51. The summed E-state index contributed by atoms with van der Waals surface area (Å²) < 4.78 is 5.52. The molecule has 2 aromatic heterocycles. The van der Waals surface area contributed by atoms with Crippen LogP contribution in [0.25, 0.3) is 16.8 Å². The van der Waals surface area contributed by atoms with Gasteiger partial charge in [-0.05, 0) is 48.9 Å². The Morgan fingerprint density at radius 2 is 2.00 bits per heavy atom. The number of para-hydroxylation sites is 2. The van der Waals surface area contributed by atoms with E-state index in [9.17, 15) is 14.7 Å². The van der Waals surface area contributed by atoms with Crippen molar-refractivity contribution in [1.29, 1.82) is 0 Å². The van der Waals surface area contributed by atoms with Crippen LogP contribution in [0.4, 0.5) is 5.95 Å². The van der Waals surface area contributed by atoms with Gasteiger partial charge in [-0.3, -0.25) is 19.5 Å². The first kappa shape index (κ1) is 21.7. The van der Waals surface area contributed by atoms with E-state index in [1.54, 1.807) is 36.5 Å². The Hall–Kier alpha value is -4.17. The lowest BCUT2D eigenvalue weighted by molar-refractivity contribution is -0.132. The van der Waals surface area contributed by atoms with Gasteiger partial charge in [0.15, 0.2) is 0 Å². The fraction of sp³-hybridized carbons (Fsp3) is 0.120. The Morgan fingerprint density at radius 3 is 2.74 bits per heavy atom. The highest BCUT2D eigenvalue weighted by Gasteiger charge is 2.48. The number of Topliss-reactive ketones (excluding diaryl/α,β-unsaturated/α-hetero) is 1. The van der Waals surface area contributed by atoms with Crippen molar-refractivity contribution < 1.29 is 19.4 Å². The molecule has 8 nitrogen and oxygen atoms in total. The molecule has 0 saturated carbocycles. The van der Waals surface area contributed by atoms with Crippen LogP contribution in [0.5, 0.6) is 5.75 Å². The molecule has 1 fully saturated rings. The Bertz CT molecular complexity index is 1410. The van der Waals surface area contributed by atoms with E-state index in [-0.39, 0.29) is 22.1 Å². The van der Waals surface area contributed by atoms with Gasteiger partial charge in [0, 0.05) is 18.0 Å². The number of nitrogens with zero attached hydrogens (tertiary/aromatic N) is 3. The molecule has 1 amide bonds. The third kappa shape index (κ3) is 3.58. The number of rotatable bonds is 5. The van der Waals surface area contributed by atoms with Crippen molar-refractivity contribution in [3.8, 4) is 5.75 Å². The number of hydrogen-bond donors (Lipinski definition) is 2. The summed E-state index contributed by atoms with van der Waals surface area (Å²) in [5.74, 6) is -1.43. The summed E-state index contributed by atoms with van der Waals surface area (Å²) in [7, 11) is 0. The van der Waals surface area contributed by atoms with Crippen molar-refractivity contribution in [2.45, 2.75) is 13.0 Å². The first-order valence-electron chi connectivity index (χ1n) is 10.6. The van der Waals surface area contributed by atoms with Crippen LogP contribution in [-0.4, -0.2) is 38.4 Å². The number of aromatic nitrogens is 3. The first-order chi connectivity index (χ1) is 16.5. The maximum atomic E-state index is 13.3. The maximum absolute atomic E-state index is 13.3. The molecule has 1 atom stereocenters. The molecule has 1 aliphatic rings. The van der Waals surface area contributed by atoms with E-state index in [1.807, 2.05) is 25.1 Å². The number of carbonyl (C=O) groups is 2. The highest BCUT2D eigenvalue weighted by molar-refractivity contribution is 6.51. The third-order valence-corrected chi connectivity index (χ3v) is 5.88. The van der Waals surface area contributed by atoms with Crippen molar-refractivity contribution in [3.05, 3.63) is 88.7 Å². The zero-order valence-electron chi connectivity index (χ0n) is 18.0. The molecule has 5 rings (SSSR count). The molecule has 4 aromatic rings. The number of aromatic amines is 1.